The first-order valence-corrected chi connectivity index (χ1v) is 9.01. The minimum Gasteiger partial charge on any atom is -0.497 e. The van der Waals surface area contributed by atoms with E-state index in [-0.39, 0.29) is 17.1 Å². The van der Waals surface area contributed by atoms with Gasteiger partial charge in [0.1, 0.15) is 17.4 Å². The third-order valence-electron chi connectivity index (χ3n) is 4.44. The number of benzene rings is 3. The van der Waals surface area contributed by atoms with Crippen molar-refractivity contribution in [3.8, 4) is 28.5 Å². The molecule has 1 aromatic heterocycles. The number of aromatic nitrogens is 1. The first-order valence-electron chi connectivity index (χ1n) is 9.01. The van der Waals surface area contributed by atoms with Gasteiger partial charge in [0.15, 0.2) is 5.76 Å². The number of ether oxygens (including phenoxy) is 1. The molecule has 3 aromatic carbocycles. The normalized spacial score (nSPS) is 10.6. The lowest BCUT2D eigenvalue weighted by atomic mass is 10.1. The van der Waals surface area contributed by atoms with E-state index >= 15 is 0 Å². The maximum Gasteiger partial charge on any atom is 0.256 e. The van der Waals surface area contributed by atoms with Crippen LogP contribution in [0.4, 0.5) is 14.5 Å². The van der Waals surface area contributed by atoms with Gasteiger partial charge < -0.3 is 14.5 Å². The van der Waals surface area contributed by atoms with Gasteiger partial charge in [0.2, 0.25) is 5.89 Å². The van der Waals surface area contributed by atoms with Gasteiger partial charge in [-0.3, -0.25) is 4.79 Å². The molecule has 0 atom stereocenters. The molecule has 0 aliphatic heterocycles. The Bertz CT molecular complexity index is 1220. The largest absolute Gasteiger partial charge is 0.497 e. The highest BCUT2D eigenvalue weighted by Gasteiger charge is 2.18. The maximum atomic E-state index is 13.9. The summed E-state index contributed by atoms with van der Waals surface area (Å²) in [7, 11) is 1.57. The Labute approximate surface area is 171 Å². The molecular weight excluding hydrogens is 390 g/mol. The number of methoxy groups -OCH3 is 1. The number of hydrogen-bond acceptors (Lipinski definition) is 4. The number of halogens is 2. The molecule has 4 aromatic rings. The lowest BCUT2D eigenvalue weighted by molar-refractivity contribution is 0.102. The fourth-order valence-electron chi connectivity index (χ4n) is 2.96. The van der Waals surface area contributed by atoms with Crippen LogP contribution in [0, 0.1) is 11.6 Å². The van der Waals surface area contributed by atoms with E-state index in [0.717, 1.165) is 17.7 Å². The second-order valence-corrected chi connectivity index (χ2v) is 6.39. The zero-order chi connectivity index (χ0) is 21.1. The van der Waals surface area contributed by atoms with Crippen LogP contribution in [0.2, 0.25) is 0 Å². The predicted molar refractivity (Wildman–Crippen MR) is 108 cm³/mol. The Hall–Kier alpha value is -4.00. The van der Waals surface area contributed by atoms with Gasteiger partial charge in [-0.2, -0.15) is 0 Å². The van der Waals surface area contributed by atoms with Gasteiger partial charge in [-0.1, -0.05) is 24.3 Å². The van der Waals surface area contributed by atoms with E-state index in [4.69, 9.17) is 9.15 Å². The molecule has 0 bridgehead atoms. The Morgan fingerprint density at radius 3 is 2.67 bits per heavy atom. The smallest absolute Gasteiger partial charge is 0.256 e. The van der Waals surface area contributed by atoms with Crippen molar-refractivity contribution in [2.75, 3.05) is 12.4 Å². The van der Waals surface area contributed by atoms with Crippen molar-refractivity contribution in [3.63, 3.8) is 0 Å². The van der Waals surface area contributed by atoms with Crippen LogP contribution < -0.4 is 10.1 Å². The maximum absolute atomic E-state index is 13.9. The van der Waals surface area contributed by atoms with Crippen LogP contribution in [-0.4, -0.2) is 18.0 Å². The van der Waals surface area contributed by atoms with Crippen LogP contribution in [0.3, 0.4) is 0 Å². The summed E-state index contributed by atoms with van der Waals surface area (Å²) < 4.78 is 38.1. The molecule has 4 rings (SSSR count). The fraction of sp³-hybridized carbons (Fsp3) is 0.0435. The van der Waals surface area contributed by atoms with Crippen LogP contribution in [-0.2, 0) is 0 Å². The Balaban J connectivity index is 1.65. The van der Waals surface area contributed by atoms with Crippen LogP contribution in [0.5, 0.6) is 5.75 Å². The minimum atomic E-state index is -0.864. The minimum absolute atomic E-state index is 0.124. The molecule has 0 fully saturated rings. The summed E-state index contributed by atoms with van der Waals surface area (Å²) in [6.07, 6.45) is 1.55. The molecule has 0 aliphatic rings. The third-order valence-corrected chi connectivity index (χ3v) is 4.44. The molecule has 0 aliphatic carbocycles. The van der Waals surface area contributed by atoms with E-state index in [2.05, 4.69) is 10.3 Å². The zero-order valence-electron chi connectivity index (χ0n) is 15.9. The molecule has 0 radical (unpaired) electrons. The predicted octanol–water partition coefficient (Wildman–Crippen LogP) is 5.55. The van der Waals surface area contributed by atoms with E-state index in [1.807, 2.05) is 18.2 Å². The van der Waals surface area contributed by atoms with Crippen molar-refractivity contribution >= 4 is 11.6 Å². The lowest BCUT2D eigenvalue weighted by Crippen LogP contribution is -2.14. The van der Waals surface area contributed by atoms with Crippen molar-refractivity contribution in [2.24, 2.45) is 0 Å². The summed E-state index contributed by atoms with van der Waals surface area (Å²) in [5.41, 5.74) is 1.32. The molecule has 1 amide bonds. The van der Waals surface area contributed by atoms with Gasteiger partial charge in [-0.15, -0.1) is 0 Å². The Morgan fingerprint density at radius 2 is 1.87 bits per heavy atom. The summed E-state index contributed by atoms with van der Waals surface area (Å²) in [6, 6.07) is 16.9. The molecule has 1 heterocycles. The van der Waals surface area contributed by atoms with Gasteiger partial charge >= 0.3 is 0 Å². The highest BCUT2D eigenvalue weighted by atomic mass is 19.1. The zero-order valence-corrected chi connectivity index (χ0v) is 15.9. The number of carbonyl (C=O) groups excluding carboxylic acids is 1. The number of hydrogen-bond donors (Lipinski definition) is 1. The first-order chi connectivity index (χ1) is 14.5. The van der Waals surface area contributed by atoms with Gasteiger partial charge in [-0.25, -0.2) is 13.8 Å². The molecule has 150 valence electrons. The standard InChI is InChI=1S/C23H16F2N2O3/c1-29-16-6-4-5-14(11-16)21-13-26-23(30-21)18-8-3-2-7-17(18)22(28)27-20-10-9-15(24)12-19(20)25/h2-13H,1H3,(H,27,28). The average molecular weight is 406 g/mol. The highest BCUT2D eigenvalue weighted by molar-refractivity contribution is 6.08. The van der Waals surface area contributed by atoms with Gasteiger partial charge in [0, 0.05) is 17.2 Å². The van der Waals surface area contributed by atoms with Crippen LogP contribution >= 0.6 is 0 Å². The van der Waals surface area contributed by atoms with Crippen molar-refractivity contribution < 1.29 is 22.7 Å². The molecule has 7 heteroatoms. The highest BCUT2D eigenvalue weighted by Crippen LogP contribution is 2.30. The summed E-state index contributed by atoms with van der Waals surface area (Å²) in [5, 5.41) is 2.45. The molecular formula is C23H16F2N2O3. The topological polar surface area (TPSA) is 64.4 Å². The number of anilines is 1. The van der Waals surface area contributed by atoms with Gasteiger partial charge in [0.05, 0.1) is 24.6 Å². The Morgan fingerprint density at radius 1 is 1.03 bits per heavy atom. The van der Waals surface area contributed by atoms with E-state index in [1.54, 1.807) is 43.6 Å². The van der Waals surface area contributed by atoms with Crippen LogP contribution in [0.25, 0.3) is 22.8 Å². The van der Waals surface area contributed by atoms with Crippen molar-refractivity contribution in [2.45, 2.75) is 0 Å². The SMILES string of the molecule is COc1cccc(-c2cnc(-c3ccccc3C(=O)Nc3ccc(F)cc3F)o2)c1. The average Bonchev–Trinajstić information content (AvgIpc) is 3.26. The van der Waals surface area contributed by atoms with Gasteiger partial charge in [-0.05, 0) is 36.4 Å². The lowest BCUT2D eigenvalue weighted by Gasteiger charge is -2.09. The van der Waals surface area contributed by atoms with Crippen molar-refractivity contribution in [1.82, 2.24) is 4.98 Å². The molecule has 0 saturated carbocycles. The summed E-state index contributed by atoms with van der Waals surface area (Å²) in [4.78, 5) is 17.0. The second kappa shape index (κ2) is 8.16. The monoisotopic (exact) mass is 406 g/mol. The van der Waals surface area contributed by atoms with E-state index < -0.39 is 17.5 Å². The second-order valence-electron chi connectivity index (χ2n) is 6.39. The molecule has 0 unspecified atom stereocenters. The third kappa shape index (κ3) is 3.91. The molecule has 0 spiro atoms. The van der Waals surface area contributed by atoms with Crippen molar-refractivity contribution in [1.29, 1.82) is 0 Å². The summed E-state index contributed by atoms with van der Waals surface area (Å²) in [6.45, 7) is 0. The van der Waals surface area contributed by atoms with E-state index in [1.165, 1.54) is 0 Å². The van der Waals surface area contributed by atoms with Crippen LogP contribution in [0.1, 0.15) is 10.4 Å². The molecule has 30 heavy (non-hydrogen) atoms. The van der Waals surface area contributed by atoms with Crippen molar-refractivity contribution in [3.05, 3.63) is 90.1 Å². The number of nitrogens with one attached hydrogen (secondary N) is 1. The number of carbonyl (C=O) groups is 1. The molecule has 0 saturated heterocycles. The quantitative estimate of drug-likeness (QED) is 0.472. The molecule has 1 N–H and O–H groups in total. The number of nitrogens with zero attached hydrogens (tertiary/aromatic N) is 1. The fourth-order valence-corrected chi connectivity index (χ4v) is 2.96. The van der Waals surface area contributed by atoms with E-state index in [9.17, 15) is 13.6 Å². The Kier molecular flexibility index (Phi) is 5.26. The first kappa shape index (κ1) is 19.3. The number of amides is 1. The number of oxazole rings is 1. The van der Waals surface area contributed by atoms with Crippen LogP contribution in [0.15, 0.2) is 77.3 Å². The summed E-state index contributed by atoms with van der Waals surface area (Å²) >= 11 is 0. The number of rotatable bonds is 5. The summed E-state index contributed by atoms with van der Waals surface area (Å²) in [5.74, 6) is -0.751. The molecule has 5 nitrogen and oxygen atoms in total. The van der Waals surface area contributed by atoms with E-state index in [0.29, 0.717) is 23.1 Å². The van der Waals surface area contributed by atoms with Gasteiger partial charge in [0.25, 0.3) is 5.91 Å².